The van der Waals surface area contributed by atoms with E-state index in [1.54, 1.807) is 26.8 Å². The smallest absolute Gasteiger partial charge is 0.305 e. The van der Waals surface area contributed by atoms with Crippen molar-refractivity contribution in [3.63, 3.8) is 0 Å². The number of carbonyl (C=O) groups excluding carboxylic acids is 1. The van der Waals surface area contributed by atoms with Gasteiger partial charge in [0.05, 0.1) is 16.5 Å². The quantitative estimate of drug-likeness (QED) is 0.910. The van der Waals surface area contributed by atoms with E-state index in [2.05, 4.69) is 15.9 Å². The summed E-state index contributed by atoms with van der Waals surface area (Å²) in [6.07, 6.45) is -0.182. The number of carboxylic acids is 1. The van der Waals surface area contributed by atoms with Gasteiger partial charge in [-0.2, -0.15) is 0 Å². The summed E-state index contributed by atoms with van der Waals surface area (Å²) in [5.74, 6) is -2.15. The van der Waals surface area contributed by atoms with Crippen LogP contribution in [0.4, 0.5) is 4.39 Å². The number of halogens is 2. The first-order valence-corrected chi connectivity index (χ1v) is 6.91. The Labute approximate surface area is 125 Å². The van der Waals surface area contributed by atoms with Gasteiger partial charge >= 0.3 is 5.97 Å². The van der Waals surface area contributed by atoms with Crippen LogP contribution in [0, 0.1) is 5.82 Å². The Morgan fingerprint density at radius 1 is 1.35 bits per heavy atom. The first kappa shape index (κ1) is 16.6. The van der Waals surface area contributed by atoms with Crippen LogP contribution in [-0.4, -0.2) is 34.0 Å². The van der Waals surface area contributed by atoms with Crippen molar-refractivity contribution in [2.45, 2.75) is 32.7 Å². The molecular formula is C14H17BrFNO3. The van der Waals surface area contributed by atoms with Crippen LogP contribution >= 0.6 is 15.9 Å². The molecule has 0 fully saturated rings. The zero-order valence-corrected chi connectivity index (χ0v) is 13.2. The number of hydrogen-bond donors (Lipinski definition) is 1. The third kappa shape index (κ3) is 4.03. The van der Waals surface area contributed by atoms with Crippen molar-refractivity contribution in [3.8, 4) is 0 Å². The van der Waals surface area contributed by atoms with Crippen molar-refractivity contribution in [2.75, 3.05) is 6.54 Å². The Hall–Kier alpha value is -1.43. The number of aliphatic carboxylic acids is 1. The Bertz CT molecular complexity index is 526. The Morgan fingerprint density at radius 2 is 1.95 bits per heavy atom. The highest BCUT2D eigenvalue weighted by Gasteiger charge is 2.29. The first-order valence-electron chi connectivity index (χ1n) is 6.12. The van der Waals surface area contributed by atoms with Gasteiger partial charge in [-0.1, -0.05) is 6.07 Å². The fourth-order valence-electron chi connectivity index (χ4n) is 1.76. The zero-order valence-electron chi connectivity index (χ0n) is 11.6. The number of benzene rings is 1. The maximum atomic E-state index is 14.0. The average molecular weight is 346 g/mol. The minimum Gasteiger partial charge on any atom is -0.481 e. The topological polar surface area (TPSA) is 57.6 Å². The molecule has 0 spiro atoms. The van der Waals surface area contributed by atoms with Crippen LogP contribution in [0.15, 0.2) is 22.7 Å². The van der Waals surface area contributed by atoms with E-state index in [0.717, 1.165) is 0 Å². The van der Waals surface area contributed by atoms with E-state index < -0.39 is 23.2 Å². The Balaban J connectivity index is 3.10. The van der Waals surface area contributed by atoms with E-state index in [4.69, 9.17) is 5.11 Å². The molecule has 4 nitrogen and oxygen atoms in total. The molecule has 0 aliphatic heterocycles. The molecule has 0 bridgehead atoms. The van der Waals surface area contributed by atoms with Crippen molar-refractivity contribution in [2.24, 2.45) is 0 Å². The molecule has 0 saturated heterocycles. The molecule has 1 aromatic carbocycles. The van der Waals surface area contributed by atoms with Gasteiger partial charge < -0.3 is 10.0 Å². The number of hydrogen-bond acceptors (Lipinski definition) is 2. The van der Waals surface area contributed by atoms with E-state index in [-0.39, 0.29) is 23.0 Å². The lowest BCUT2D eigenvalue weighted by Gasteiger charge is -2.35. The van der Waals surface area contributed by atoms with E-state index in [1.165, 1.54) is 17.0 Å². The molecule has 1 N–H and O–H groups in total. The van der Waals surface area contributed by atoms with Crippen LogP contribution in [0.5, 0.6) is 0 Å². The van der Waals surface area contributed by atoms with E-state index >= 15 is 0 Å². The molecule has 0 aliphatic rings. The van der Waals surface area contributed by atoms with Crippen LogP contribution in [0.1, 0.15) is 37.6 Å². The van der Waals surface area contributed by atoms with Crippen molar-refractivity contribution in [1.82, 2.24) is 4.90 Å². The highest BCUT2D eigenvalue weighted by molar-refractivity contribution is 9.10. The summed E-state index contributed by atoms with van der Waals surface area (Å²) in [4.78, 5) is 24.5. The van der Waals surface area contributed by atoms with Crippen molar-refractivity contribution >= 4 is 27.8 Å². The molecule has 0 atom stereocenters. The zero-order chi connectivity index (χ0) is 15.5. The molecule has 0 unspecified atom stereocenters. The van der Waals surface area contributed by atoms with Gasteiger partial charge in [0, 0.05) is 12.1 Å². The molecular weight excluding hydrogens is 329 g/mol. The van der Waals surface area contributed by atoms with Gasteiger partial charge in [-0.05, 0) is 48.8 Å². The molecule has 6 heteroatoms. The minimum atomic E-state index is -0.998. The summed E-state index contributed by atoms with van der Waals surface area (Å²) < 4.78 is 14.2. The summed E-state index contributed by atoms with van der Waals surface area (Å²) in [6, 6.07) is 4.46. The number of carbonyl (C=O) groups is 2. The second-order valence-corrected chi connectivity index (χ2v) is 6.23. The summed E-state index contributed by atoms with van der Waals surface area (Å²) in [5, 5.41) is 8.76. The van der Waals surface area contributed by atoms with Crippen LogP contribution in [0.2, 0.25) is 0 Å². The largest absolute Gasteiger partial charge is 0.481 e. The molecule has 1 aromatic rings. The van der Waals surface area contributed by atoms with Gasteiger partial charge in [-0.3, -0.25) is 9.59 Å². The van der Waals surface area contributed by atoms with Gasteiger partial charge in [-0.15, -0.1) is 0 Å². The van der Waals surface area contributed by atoms with Crippen LogP contribution < -0.4 is 0 Å². The number of carboxylic acid groups (broad SMARTS) is 1. The summed E-state index contributed by atoms with van der Waals surface area (Å²) in [6.45, 7) is 5.37. The van der Waals surface area contributed by atoms with Gasteiger partial charge in [-0.25, -0.2) is 4.39 Å². The number of nitrogens with zero attached hydrogens (tertiary/aromatic N) is 1. The molecule has 0 radical (unpaired) electrons. The van der Waals surface area contributed by atoms with Crippen molar-refractivity contribution < 1.29 is 19.1 Å². The monoisotopic (exact) mass is 345 g/mol. The van der Waals surface area contributed by atoms with Crippen molar-refractivity contribution in [3.05, 3.63) is 34.1 Å². The second kappa shape index (κ2) is 6.35. The van der Waals surface area contributed by atoms with Gasteiger partial charge in [0.1, 0.15) is 5.82 Å². The summed E-state index contributed by atoms with van der Waals surface area (Å²) in [5.41, 5.74) is -0.666. The lowest BCUT2D eigenvalue weighted by molar-refractivity contribution is -0.137. The van der Waals surface area contributed by atoms with E-state index in [0.29, 0.717) is 0 Å². The summed E-state index contributed by atoms with van der Waals surface area (Å²) in [7, 11) is 0. The second-order valence-electron chi connectivity index (χ2n) is 5.37. The highest BCUT2D eigenvalue weighted by atomic mass is 79.9. The lowest BCUT2D eigenvalue weighted by atomic mass is 10.0. The fourth-order valence-corrected chi connectivity index (χ4v) is 2.13. The number of rotatable bonds is 4. The minimum absolute atomic E-state index is 0.0314. The maximum Gasteiger partial charge on any atom is 0.305 e. The van der Waals surface area contributed by atoms with E-state index in [1.807, 2.05) is 0 Å². The van der Waals surface area contributed by atoms with Gasteiger partial charge in [0.25, 0.3) is 5.91 Å². The Kier molecular flexibility index (Phi) is 5.28. The van der Waals surface area contributed by atoms with Gasteiger partial charge in [0.2, 0.25) is 0 Å². The Morgan fingerprint density at radius 3 is 2.45 bits per heavy atom. The predicted molar refractivity (Wildman–Crippen MR) is 77.1 cm³/mol. The molecule has 0 saturated carbocycles. The predicted octanol–water partition coefficient (Wildman–Crippen LogP) is 3.30. The maximum absolute atomic E-state index is 14.0. The molecule has 1 amide bonds. The molecule has 0 aliphatic carbocycles. The fraction of sp³-hybridized carbons (Fsp3) is 0.429. The van der Waals surface area contributed by atoms with Crippen LogP contribution in [0.25, 0.3) is 0 Å². The van der Waals surface area contributed by atoms with Crippen LogP contribution in [0.3, 0.4) is 0 Å². The molecule has 20 heavy (non-hydrogen) atoms. The molecule has 1 rings (SSSR count). The average Bonchev–Trinajstić information content (AvgIpc) is 2.30. The lowest BCUT2D eigenvalue weighted by Crippen LogP contribution is -2.46. The van der Waals surface area contributed by atoms with Gasteiger partial charge in [0.15, 0.2) is 0 Å². The molecule has 0 aromatic heterocycles. The number of amides is 1. The standard InChI is InChI=1S/C14H17BrFNO3/c1-14(2,3)17(8-7-11(18)19)13(20)9-5-4-6-10(15)12(9)16/h4-6H,7-8H2,1-3H3,(H,18,19). The SMILES string of the molecule is CC(C)(C)N(CCC(=O)O)C(=O)c1cccc(Br)c1F. The molecule has 110 valence electrons. The van der Waals surface area contributed by atoms with Crippen molar-refractivity contribution in [1.29, 1.82) is 0 Å². The molecule has 0 heterocycles. The third-order valence-corrected chi connectivity index (χ3v) is 3.40. The normalized spacial score (nSPS) is 11.2. The van der Waals surface area contributed by atoms with Crippen LogP contribution in [-0.2, 0) is 4.79 Å². The third-order valence-electron chi connectivity index (χ3n) is 2.79. The summed E-state index contributed by atoms with van der Waals surface area (Å²) >= 11 is 3.04. The first-order chi connectivity index (χ1) is 9.14. The highest BCUT2D eigenvalue weighted by Crippen LogP contribution is 2.23. The van der Waals surface area contributed by atoms with E-state index in [9.17, 15) is 14.0 Å².